The van der Waals surface area contributed by atoms with Crippen molar-refractivity contribution in [2.75, 3.05) is 6.54 Å². The topological polar surface area (TPSA) is 66.8 Å². The van der Waals surface area contributed by atoms with E-state index in [2.05, 4.69) is 27.2 Å². The van der Waals surface area contributed by atoms with Crippen LogP contribution in [0.3, 0.4) is 0 Å². The van der Waals surface area contributed by atoms with E-state index in [9.17, 15) is 4.79 Å². The van der Waals surface area contributed by atoms with Crippen molar-refractivity contribution < 1.29 is 4.79 Å². The van der Waals surface area contributed by atoms with Crippen molar-refractivity contribution in [3.05, 3.63) is 71.1 Å². The molecule has 0 radical (unpaired) electrons. The molecule has 3 aromatic rings. The van der Waals surface area contributed by atoms with Crippen LogP contribution in [-0.2, 0) is 19.4 Å². The van der Waals surface area contributed by atoms with Gasteiger partial charge in [-0.15, -0.1) is 0 Å². The van der Waals surface area contributed by atoms with Crippen LogP contribution in [-0.4, -0.2) is 37.1 Å². The van der Waals surface area contributed by atoms with Gasteiger partial charge in [0.2, 0.25) is 0 Å². The fourth-order valence-electron chi connectivity index (χ4n) is 4.14. The Morgan fingerprint density at radius 2 is 2.00 bits per heavy atom. The van der Waals surface area contributed by atoms with Crippen molar-refractivity contribution in [1.82, 2.24) is 24.6 Å². The number of hydrogen-bond donors (Lipinski definition) is 1. The molecule has 5 rings (SSSR count). The molecule has 1 aromatic carbocycles. The molecule has 1 amide bonds. The Kier molecular flexibility index (Phi) is 3.62. The quantitative estimate of drug-likeness (QED) is 0.775. The predicted molar refractivity (Wildman–Crippen MR) is 96.8 cm³/mol. The molecule has 132 valence electrons. The van der Waals surface area contributed by atoms with E-state index in [1.807, 2.05) is 33.8 Å². The Bertz CT molecular complexity index is 919. The first-order valence-corrected chi connectivity index (χ1v) is 9.26. The Labute approximate surface area is 151 Å². The summed E-state index contributed by atoms with van der Waals surface area (Å²) in [6, 6.07) is 11.9. The minimum absolute atomic E-state index is 0.00518. The van der Waals surface area contributed by atoms with Gasteiger partial charge in [-0.25, -0.2) is 4.98 Å². The molecular weight excluding hydrogens is 326 g/mol. The predicted octanol–water partition coefficient (Wildman–Crippen LogP) is 2.73. The molecule has 1 unspecified atom stereocenters. The first kappa shape index (κ1) is 15.4. The number of aromatic amines is 1. The third kappa shape index (κ3) is 2.44. The molecule has 2 aliphatic heterocycles. The van der Waals surface area contributed by atoms with E-state index < -0.39 is 0 Å². The number of imidazole rings is 1. The van der Waals surface area contributed by atoms with Gasteiger partial charge >= 0.3 is 0 Å². The highest BCUT2D eigenvalue weighted by molar-refractivity contribution is 5.93. The number of H-pyrrole nitrogens is 1. The number of aryl methyl sites for hydroxylation is 2. The number of aromatic nitrogens is 4. The lowest BCUT2D eigenvalue weighted by atomic mass is 9.95. The molecule has 0 spiro atoms. The molecule has 4 heterocycles. The molecule has 1 N–H and O–H groups in total. The van der Waals surface area contributed by atoms with Crippen LogP contribution in [0.4, 0.5) is 0 Å². The molecule has 2 aromatic heterocycles. The second-order valence-corrected chi connectivity index (χ2v) is 7.03. The highest BCUT2D eigenvalue weighted by atomic mass is 16.2. The standard InChI is InChI=1S/C20H21N5O/c26-20(17-12-15-8-4-5-10-25(15)23-17)24-11-9-16-18(22-13-21-16)19(24)14-6-2-1-3-7-14/h1-3,6-7,12-13,19H,4-5,8-11H2,(H,21,22). The number of hydrogen-bond acceptors (Lipinski definition) is 3. The fourth-order valence-corrected chi connectivity index (χ4v) is 4.14. The number of nitrogens with one attached hydrogen (secondary N) is 1. The molecule has 26 heavy (non-hydrogen) atoms. The summed E-state index contributed by atoms with van der Waals surface area (Å²) >= 11 is 0. The van der Waals surface area contributed by atoms with Gasteiger partial charge < -0.3 is 9.88 Å². The van der Waals surface area contributed by atoms with Gasteiger partial charge in [0, 0.05) is 30.9 Å². The van der Waals surface area contributed by atoms with E-state index in [1.165, 1.54) is 12.1 Å². The van der Waals surface area contributed by atoms with Crippen LogP contribution >= 0.6 is 0 Å². The van der Waals surface area contributed by atoms with Gasteiger partial charge in [0.15, 0.2) is 5.69 Å². The third-order valence-electron chi connectivity index (χ3n) is 5.44. The van der Waals surface area contributed by atoms with Crippen LogP contribution in [0.2, 0.25) is 0 Å². The normalized spacial score (nSPS) is 19.1. The fraction of sp³-hybridized carbons (Fsp3) is 0.350. The minimum atomic E-state index is -0.169. The molecule has 0 fully saturated rings. The zero-order valence-electron chi connectivity index (χ0n) is 14.6. The van der Waals surface area contributed by atoms with Crippen LogP contribution in [0, 0.1) is 0 Å². The molecular formula is C20H21N5O. The van der Waals surface area contributed by atoms with Crippen molar-refractivity contribution in [3.8, 4) is 0 Å². The van der Waals surface area contributed by atoms with Crippen LogP contribution in [0.5, 0.6) is 0 Å². The molecule has 0 bridgehead atoms. The van der Waals surface area contributed by atoms with Gasteiger partial charge in [0.25, 0.3) is 5.91 Å². The first-order chi connectivity index (χ1) is 12.8. The summed E-state index contributed by atoms with van der Waals surface area (Å²) in [6.45, 7) is 1.57. The highest BCUT2D eigenvalue weighted by Gasteiger charge is 2.35. The van der Waals surface area contributed by atoms with Gasteiger partial charge in [-0.1, -0.05) is 30.3 Å². The summed E-state index contributed by atoms with van der Waals surface area (Å²) in [4.78, 5) is 23.0. The van der Waals surface area contributed by atoms with Crippen LogP contribution in [0.15, 0.2) is 42.7 Å². The van der Waals surface area contributed by atoms with Crippen molar-refractivity contribution in [3.63, 3.8) is 0 Å². The second kappa shape index (κ2) is 6.12. The number of carbonyl (C=O) groups is 1. The average Bonchev–Trinajstić information content (AvgIpc) is 3.33. The minimum Gasteiger partial charge on any atom is -0.348 e. The molecule has 1 atom stereocenters. The second-order valence-electron chi connectivity index (χ2n) is 7.03. The molecule has 0 saturated heterocycles. The van der Waals surface area contributed by atoms with Gasteiger partial charge in [-0.05, 0) is 30.9 Å². The third-order valence-corrected chi connectivity index (χ3v) is 5.44. The summed E-state index contributed by atoms with van der Waals surface area (Å²) in [7, 11) is 0. The maximum Gasteiger partial charge on any atom is 0.275 e. The molecule has 0 aliphatic carbocycles. The van der Waals surface area contributed by atoms with Gasteiger partial charge in [0.1, 0.15) is 6.04 Å². The smallest absolute Gasteiger partial charge is 0.275 e. The highest BCUT2D eigenvalue weighted by Crippen LogP contribution is 2.34. The monoisotopic (exact) mass is 347 g/mol. The number of benzene rings is 1. The first-order valence-electron chi connectivity index (χ1n) is 9.26. The Morgan fingerprint density at radius 3 is 2.85 bits per heavy atom. The zero-order chi connectivity index (χ0) is 17.5. The number of nitrogens with zero attached hydrogens (tertiary/aromatic N) is 4. The lowest BCUT2D eigenvalue weighted by molar-refractivity contribution is 0.0683. The Balaban J connectivity index is 1.54. The van der Waals surface area contributed by atoms with Crippen molar-refractivity contribution in [2.24, 2.45) is 0 Å². The van der Waals surface area contributed by atoms with Crippen molar-refractivity contribution in [2.45, 2.75) is 38.3 Å². The van der Waals surface area contributed by atoms with Crippen LogP contribution in [0.1, 0.15) is 52.0 Å². The summed E-state index contributed by atoms with van der Waals surface area (Å²) in [5.41, 5.74) is 4.87. The summed E-state index contributed by atoms with van der Waals surface area (Å²) in [6.07, 6.45) is 5.83. The number of amides is 1. The maximum absolute atomic E-state index is 13.3. The lowest BCUT2D eigenvalue weighted by Crippen LogP contribution is -2.41. The number of carbonyl (C=O) groups excluding carboxylic acids is 1. The van der Waals surface area contributed by atoms with Crippen LogP contribution < -0.4 is 0 Å². The van der Waals surface area contributed by atoms with E-state index in [4.69, 9.17) is 0 Å². The number of fused-ring (bicyclic) bond motifs is 2. The summed E-state index contributed by atoms with van der Waals surface area (Å²) in [5.74, 6) is -0.00518. The maximum atomic E-state index is 13.3. The lowest BCUT2D eigenvalue weighted by Gasteiger charge is -2.34. The molecule has 6 nitrogen and oxygen atoms in total. The van der Waals surface area contributed by atoms with Crippen molar-refractivity contribution >= 4 is 5.91 Å². The largest absolute Gasteiger partial charge is 0.348 e. The van der Waals surface area contributed by atoms with E-state index in [1.54, 1.807) is 6.33 Å². The SMILES string of the molecule is O=C(c1cc2n(n1)CCCC2)N1CCc2[nH]cnc2C1c1ccccc1. The number of rotatable bonds is 2. The van der Waals surface area contributed by atoms with Gasteiger partial charge in [-0.2, -0.15) is 5.10 Å². The molecule has 6 heteroatoms. The average molecular weight is 347 g/mol. The van der Waals surface area contributed by atoms with E-state index in [0.717, 1.165) is 42.8 Å². The Hall–Kier alpha value is -2.89. The van der Waals surface area contributed by atoms with Crippen LogP contribution in [0.25, 0.3) is 0 Å². The summed E-state index contributed by atoms with van der Waals surface area (Å²) < 4.78 is 2.00. The summed E-state index contributed by atoms with van der Waals surface area (Å²) in [5, 5.41) is 4.59. The van der Waals surface area contributed by atoms with E-state index in [-0.39, 0.29) is 11.9 Å². The molecule has 0 saturated carbocycles. The van der Waals surface area contributed by atoms with E-state index >= 15 is 0 Å². The Morgan fingerprint density at radius 1 is 1.12 bits per heavy atom. The van der Waals surface area contributed by atoms with E-state index in [0.29, 0.717) is 12.2 Å². The molecule has 2 aliphatic rings. The van der Waals surface area contributed by atoms with Gasteiger partial charge in [-0.3, -0.25) is 9.48 Å². The van der Waals surface area contributed by atoms with Crippen molar-refractivity contribution in [1.29, 1.82) is 0 Å². The van der Waals surface area contributed by atoms with Gasteiger partial charge in [0.05, 0.1) is 12.0 Å². The zero-order valence-corrected chi connectivity index (χ0v) is 14.6.